The van der Waals surface area contributed by atoms with Crippen molar-refractivity contribution in [3.63, 3.8) is 0 Å². The van der Waals surface area contributed by atoms with Gasteiger partial charge in [-0.2, -0.15) is 0 Å². The molecule has 0 aliphatic rings. The molecule has 0 N–H and O–H groups in total. The van der Waals surface area contributed by atoms with Crippen LogP contribution in [0.2, 0.25) is 19.6 Å². The Morgan fingerprint density at radius 3 is 1.29 bits per heavy atom. The molecule has 0 saturated heterocycles. The Hall–Kier alpha value is 0.487. The third-order valence-corrected chi connectivity index (χ3v) is 4.70. The van der Waals surface area contributed by atoms with E-state index in [2.05, 4.69) is 52.0 Å². The zero-order valence-electron chi connectivity index (χ0n) is 10.8. The summed E-state index contributed by atoms with van der Waals surface area (Å²) in [5.74, 6) is 0. The number of hydrogen-bond donors (Lipinski definition) is 0. The molecule has 0 unspecified atom stereocenters. The Bertz CT molecular complexity index is 163. The van der Waals surface area contributed by atoms with E-state index in [-0.39, 0.29) is 29.6 Å². The van der Waals surface area contributed by atoms with Crippen molar-refractivity contribution in [2.24, 2.45) is 0 Å². The maximum Gasteiger partial charge on any atom is 1.00 e. The summed E-state index contributed by atoms with van der Waals surface area (Å²) in [6.45, 7) is 13.9. The minimum atomic E-state index is -1.06. The maximum atomic E-state index is 6.75. The summed E-state index contributed by atoms with van der Waals surface area (Å²) in [4.78, 5) is 1.50. The first-order valence-electron chi connectivity index (χ1n) is 4.29. The summed E-state index contributed by atoms with van der Waals surface area (Å²) in [5.41, 5.74) is 13.8. The zero-order chi connectivity index (χ0) is 11.3. The van der Waals surface area contributed by atoms with Crippen LogP contribution in [-0.4, -0.2) is 25.4 Å². The largest absolute Gasteiger partial charge is 1.00 e. The minimum absolute atomic E-state index is 0. The molecule has 0 aromatic heterocycles. The van der Waals surface area contributed by atoms with Crippen molar-refractivity contribution < 1.29 is 29.6 Å². The fourth-order valence-corrected chi connectivity index (χ4v) is 3.02. The fourth-order valence-electron chi connectivity index (χ4n) is 1.01. The van der Waals surface area contributed by atoms with Crippen molar-refractivity contribution in [3.05, 3.63) is 16.0 Å². The number of rotatable bonds is 1. The molecule has 0 fully saturated rings. The van der Waals surface area contributed by atoms with E-state index in [4.69, 9.17) is 11.1 Å². The Kier molecular flexibility index (Phi) is 11.0. The van der Waals surface area contributed by atoms with E-state index in [1.54, 1.807) is 0 Å². The van der Waals surface area contributed by atoms with Crippen molar-refractivity contribution in [1.82, 2.24) is 4.57 Å². The second-order valence-corrected chi connectivity index (χ2v) is 10.0. The van der Waals surface area contributed by atoms with Crippen LogP contribution in [0.5, 0.6) is 0 Å². The molecule has 0 spiro atoms. The second kappa shape index (κ2) is 7.74. The van der Waals surface area contributed by atoms with Gasteiger partial charge in [0.25, 0.3) is 0 Å². The first-order chi connectivity index (χ1) is 5.57. The summed E-state index contributed by atoms with van der Waals surface area (Å²) in [6, 6.07) is 0. The molecular weight excluding hydrogens is 203 g/mol. The molecule has 0 amide bonds. The third-order valence-electron chi connectivity index (χ3n) is 2.01. The molecule has 0 aromatic carbocycles. The van der Waals surface area contributed by atoms with E-state index in [0.29, 0.717) is 5.54 Å². The van der Waals surface area contributed by atoms with E-state index < -0.39 is 8.24 Å². The van der Waals surface area contributed by atoms with Gasteiger partial charge in [-0.3, -0.25) is 4.91 Å². The smallest absolute Gasteiger partial charge is 0.373 e. The normalized spacial score (nSPS) is 10.9. The van der Waals surface area contributed by atoms with Crippen LogP contribution < -0.4 is 29.6 Å². The van der Waals surface area contributed by atoms with Gasteiger partial charge < -0.3 is 15.6 Å². The van der Waals surface area contributed by atoms with Gasteiger partial charge in [0.2, 0.25) is 0 Å². The molecule has 0 atom stereocenters. The summed E-state index contributed by atoms with van der Waals surface area (Å²) in [6.07, 6.45) is 0. The molecule has 0 radical (unpaired) electrons. The van der Waals surface area contributed by atoms with Crippen LogP contribution in [0.3, 0.4) is 0 Å². The van der Waals surface area contributed by atoms with E-state index in [1.807, 2.05) is 0 Å². The van der Waals surface area contributed by atoms with Gasteiger partial charge in [0, 0.05) is 5.54 Å². The standard InChI is InChI=1S/C8H21NSi.N3.Na/c1-8(2,3)9(4)10(5,6)7;1-3-2;/h1-7H3;;/q;-1;+1. The van der Waals surface area contributed by atoms with Crippen molar-refractivity contribution in [3.8, 4) is 0 Å². The fraction of sp³-hybridized carbons (Fsp3) is 1.00. The quantitative estimate of drug-likeness (QED) is 0.275. The van der Waals surface area contributed by atoms with Crippen LogP contribution in [0.4, 0.5) is 0 Å². The Balaban J connectivity index is -0.000000267. The monoisotopic (exact) mass is 224 g/mol. The van der Waals surface area contributed by atoms with E-state index in [1.165, 1.54) is 4.91 Å². The van der Waals surface area contributed by atoms with Gasteiger partial charge in [-0.15, -0.1) is 0 Å². The van der Waals surface area contributed by atoms with Crippen LogP contribution in [0.1, 0.15) is 20.8 Å². The molecular formula is C8H21N4NaSi. The van der Waals surface area contributed by atoms with Crippen LogP contribution in [0, 0.1) is 0 Å². The SMILES string of the molecule is CN(C(C)(C)C)[Si](C)(C)C.[N-]=[N+]=[N-].[Na+]. The topological polar surface area (TPSA) is 61.9 Å². The molecule has 0 aromatic rings. The molecule has 0 saturated carbocycles. The second-order valence-electron chi connectivity index (χ2n) is 4.99. The predicted octanol–water partition coefficient (Wildman–Crippen LogP) is 0.422. The van der Waals surface area contributed by atoms with Gasteiger partial charge >= 0.3 is 29.6 Å². The average Bonchev–Trinajstić information content (AvgIpc) is 1.84. The Morgan fingerprint density at radius 2 is 1.29 bits per heavy atom. The third kappa shape index (κ3) is 10.6. The van der Waals surface area contributed by atoms with Gasteiger partial charge in [0.15, 0.2) is 0 Å². The molecule has 14 heavy (non-hydrogen) atoms. The molecule has 0 aliphatic carbocycles. The van der Waals surface area contributed by atoms with Crippen molar-refractivity contribution in [2.75, 3.05) is 7.05 Å². The van der Waals surface area contributed by atoms with Gasteiger partial charge in [0.05, 0.1) is 0 Å². The molecule has 0 aliphatic heterocycles. The molecule has 4 nitrogen and oxygen atoms in total. The summed E-state index contributed by atoms with van der Waals surface area (Å²) < 4.78 is 2.51. The van der Waals surface area contributed by atoms with Crippen molar-refractivity contribution >= 4 is 8.24 Å². The number of hydrogen-bond acceptors (Lipinski definition) is 1. The Morgan fingerprint density at radius 1 is 1.07 bits per heavy atom. The first-order valence-corrected chi connectivity index (χ1v) is 7.74. The van der Waals surface area contributed by atoms with Gasteiger partial charge in [-0.05, 0) is 27.8 Å². The maximum absolute atomic E-state index is 6.75. The molecule has 0 heterocycles. The van der Waals surface area contributed by atoms with Crippen LogP contribution in [0.15, 0.2) is 0 Å². The van der Waals surface area contributed by atoms with Crippen molar-refractivity contribution in [2.45, 2.75) is 46.0 Å². The molecule has 78 valence electrons. The van der Waals surface area contributed by atoms with Gasteiger partial charge in [0.1, 0.15) is 8.24 Å². The van der Waals surface area contributed by atoms with Crippen LogP contribution in [-0.2, 0) is 0 Å². The summed E-state index contributed by atoms with van der Waals surface area (Å²) in [5, 5.41) is 0. The predicted molar refractivity (Wildman–Crippen MR) is 60.9 cm³/mol. The van der Waals surface area contributed by atoms with Crippen LogP contribution in [0.25, 0.3) is 16.0 Å². The van der Waals surface area contributed by atoms with Crippen molar-refractivity contribution in [1.29, 1.82) is 0 Å². The minimum Gasteiger partial charge on any atom is -0.373 e. The Labute approximate surface area is 111 Å². The van der Waals surface area contributed by atoms with E-state index in [0.717, 1.165) is 0 Å². The zero-order valence-corrected chi connectivity index (χ0v) is 13.8. The van der Waals surface area contributed by atoms with Crippen LogP contribution >= 0.6 is 0 Å². The summed E-state index contributed by atoms with van der Waals surface area (Å²) in [7, 11) is 1.17. The molecule has 0 rings (SSSR count). The average molecular weight is 224 g/mol. The molecule has 6 heteroatoms. The van der Waals surface area contributed by atoms with Gasteiger partial charge in [-0.1, -0.05) is 19.6 Å². The number of nitrogens with zero attached hydrogens (tertiary/aromatic N) is 4. The van der Waals surface area contributed by atoms with E-state index in [9.17, 15) is 0 Å². The van der Waals surface area contributed by atoms with Gasteiger partial charge in [-0.25, -0.2) is 0 Å². The first kappa shape index (κ1) is 20.0. The molecule has 0 bridgehead atoms. The van der Waals surface area contributed by atoms with E-state index >= 15 is 0 Å². The summed E-state index contributed by atoms with van der Waals surface area (Å²) >= 11 is 0.